The number of halogens is 2. The van der Waals surface area contributed by atoms with Crippen molar-refractivity contribution >= 4 is 27.9 Å². The summed E-state index contributed by atoms with van der Waals surface area (Å²) in [5.74, 6) is -0.208. The Labute approximate surface area is 221 Å². The van der Waals surface area contributed by atoms with Crippen LogP contribution in [0.2, 0.25) is 0 Å². The molecule has 3 aromatic rings. The van der Waals surface area contributed by atoms with Crippen LogP contribution in [0.5, 0.6) is 5.75 Å². The number of carbonyl (C=O) groups excluding carboxylic acids is 2. The number of hydrogen-bond donors (Lipinski definition) is 4. The third-order valence-electron chi connectivity index (χ3n) is 6.13. The Morgan fingerprint density at radius 1 is 1.19 bits per heavy atom. The average molecular weight is 575 g/mol. The van der Waals surface area contributed by atoms with Crippen molar-refractivity contribution in [2.24, 2.45) is 5.92 Å². The van der Waals surface area contributed by atoms with Crippen LogP contribution in [0.3, 0.4) is 0 Å². The minimum Gasteiger partial charge on any atom is -0.491 e. The summed E-state index contributed by atoms with van der Waals surface area (Å²) >= 11 is 3.26. The molecule has 1 saturated heterocycles. The van der Waals surface area contributed by atoms with Gasteiger partial charge in [-0.2, -0.15) is 0 Å². The molecule has 1 aliphatic heterocycles. The fourth-order valence-corrected chi connectivity index (χ4v) is 4.63. The summed E-state index contributed by atoms with van der Waals surface area (Å²) in [6.45, 7) is 5.01. The van der Waals surface area contributed by atoms with Crippen LogP contribution in [-0.4, -0.2) is 56.3 Å². The molecule has 9 nitrogen and oxygen atoms in total. The van der Waals surface area contributed by atoms with Gasteiger partial charge in [-0.3, -0.25) is 9.69 Å². The van der Waals surface area contributed by atoms with Gasteiger partial charge < -0.3 is 25.3 Å². The van der Waals surface area contributed by atoms with Crippen molar-refractivity contribution in [1.29, 1.82) is 0 Å². The average Bonchev–Trinajstić information content (AvgIpc) is 3.37. The van der Waals surface area contributed by atoms with Crippen LogP contribution in [0.4, 0.5) is 9.18 Å². The van der Waals surface area contributed by atoms with Gasteiger partial charge in [0.1, 0.15) is 42.2 Å². The van der Waals surface area contributed by atoms with Crippen LogP contribution in [0.15, 0.2) is 46.9 Å². The normalized spacial score (nSPS) is 17.3. The van der Waals surface area contributed by atoms with E-state index in [1.165, 1.54) is 6.07 Å². The SMILES string of the molecule is Cc1nc([C@H](C(C)C)N2C(=O)N[C@H](c3ccc(OC[C@H](O)CO)cc3)C2=O)[nH]c1-c1ccc(Br)cc1F. The fraction of sp³-hybridized carbons (Fsp3) is 0.346. The second-order valence-electron chi connectivity index (χ2n) is 9.20. The van der Waals surface area contributed by atoms with Gasteiger partial charge in [0, 0.05) is 10.0 Å². The summed E-state index contributed by atoms with van der Waals surface area (Å²) in [5, 5.41) is 21.1. The number of aryl methyl sites for hydroxylation is 1. The Morgan fingerprint density at radius 2 is 1.89 bits per heavy atom. The highest BCUT2D eigenvalue weighted by atomic mass is 79.9. The highest BCUT2D eigenvalue weighted by molar-refractivity contribution is 9.10. The summed E-state index contributed by atoms with van der Waals surface area (Å²) in [7, 11) is 0. The van der Waals surface area contributed by atoms with Crippen LogP contribution in [0.1, 0.15) is 43.0 Å². The zero-order valence-corrected chi connectivity index (χ0v) is 22.1. The van der Waals surface area contributed by atoms with Gasteiger partial charge in [-0.25, -0.2) is 14.2 Å². The molecule has 3 amide bonds. The van der Waals surface area contributed by atoms with Gasteiger partial charge in [0.25, 0.3) is 5.91 Å². The third kappa shape index (κ3) is 5.53. The minimum absolute atomic E-state index is 0.0759. The van der Waals surface area contributed by atoms with Gasteiger partial charge in [0.2, 0.25) is 0 Å². The Morgan fingerprint density at radius 3 is 2.51 bits per heavy atom. The molecule has 196 valence electrons. The van der Waals surface area contributed by atoms with Crippen LogP contribution < -0.4 is 10.1 Å². The van der Waals surface area contributed by atoms with E-state index < -0.39 is 42.6 Å². The molecule has 4 N–H and O–H groups in total. The zero-order valence-electron chi connectivity index (χ0n) is 20.5. The highest BCUT2D eigenvalue weighted by Gasteiger charge is 2.45. The minimum atomic E-state index is -0.997. The lowest BCUT2D eigenvalue weighted by Crippen LogP contribution is -2.38. The number of imide groups is 1. The first-order valence-electron chi connectivity index (χ1n) is 11.8. The number of nitrogens with zero attached hydrogens (tertiary/aromatic N) is 2. The summed E-state index contributed by atoms with van der Waals surface area (Å²) in [6, 6.07) is 9.13. The molecule has 3 atom stereocenters. The second-order valence-corrected chi connectivity index (χ2v) is 10.1. The molecule has 0 spiro atoms. The van der Waals surface area contributed by atoms with Gasteiger partial charge in [-0.05, 0) is 48.7 Å². The predicted molar refractivity (Wildman–Crippen MR) is 137 cm³/mol. The molecule has 0 saturated carbocycles. The van der Waals surface area contributed by atoms with Gasteiger partial charge in [-0.15, -0.1) is 0 Å². The number of H-pyrrole nitrogens is 1. The van der Waals surface area contributed by atoms with Crippen LogP contribution in [-0.2, 0) is 4.79 Å². The van der Waals surface area contributed by atoms with Gasteiger partial charge in [0.15, 0.2) is 0 Å². The number of aromatic amines is 1. The predicted octanol–water partition coefficient (Wildman–Crippen LogP) is 4.01. The maximum absolute atomic E-state index is 14.6. The van der Waals surface area contributed by atoms with E-state index in [2.05, 4.69) is 31.2 Å². The molecule has 4 rings (SSSR count). The maximum Gasteiger partial charge on any atom is 0.325 e. The van der Waals surface area contributed by atoms with Crippen molar-refractivity contribution in [1.82, 2.24) is 20.2 Å². The van der Waals surface area contributed by atoms with Crippen LogP contribution in [0.25, 0.3) is 11.3 Å². The van der Waals surface area contributed by atoms with Gasteiger partial charge in [0.05, 0.1) is 18.0 Å². The van der Waals surface area contributed by atoms with Crippen molar-refractivity contribution in [2.75, 3.05) is 13.2 Å². The topological polar surface area (TPSA) is 128 Å². The zero-order chi connectivity index (χ0) is 26.9. The molecule has 1 aliphatic rings. The van der Waals surface area contributed by atoms with E-state index >= 15 is 0 Å². The molecule has 37 heavy (non-hydrogen) atoms. The van der Waals surface area contributed by atoms with Gasteiger partial charge >= 0.3 is 6.03 Å². The number of urea groups is 1. The first kappa shape index (κ1) is 26.8. The van der Waals surface area contributed by atoms with E-state index in [-0.39, 0.29) is 12.5 Å². The monoisotopic (exact) mass is 574 g/mol. The van der Waals surface area contributed by atoms with Crippen molar-refractivity contribution in [2.45, 2.75) is 39.0 Å². The number of amides is 3. The fourth-order valence-electron chi connectivity index (χ4n) is 4.30. The van der Waals surface area contributed by atoms with Gasteiger partial charge in [-0.1, -0.05) is 41.9 Å². The first-order chi connectivity index (χ1) is 17.6. The number of imidazole rings is 1. The molecule has 2 heterocycles. The van der Waals surface area contributed by atoms with E-state index in [0.717, 1.165) is 4.90 Å². The second kappa shape index (κ2) is 11.0. The van der Waals surface area contributed by atoms with E-state index in [1.807, 2.05) is 13.8 Å². The largest absolute Gasteiger partial charge is 0.491 e. The van der Waals surface area contributed by atoms with E-state index in [0.29, 0.717) is 38.6 Å². The molecule has 0 radical (unpaired) electrons. The Kier molecular flexibility index (Phi) is 7.96. The number of nitrogens with one attached hydrogen (secondary N) is 2. The Balaban J connectivity index is 1.59. The molecule has 11 heteroatoms. The van der Waals surface area contributed by atoms with Crippen molar-refractivity contribution in [3.63, 3.8) is 0 Å². The Hall–Kier alpha value is -3.28. The summed E-state index contributed by atoms with van der Waals surface area (Å²) < 4.78 is 20.7. The molecule has 1 aromatic heterocycles. The number of ether oxygens (including phenoxy) is 1. The lowest BCUT2D eigenvalue weighted by Gasteiger charge is -2.27. The lowest BCUT2D eigenvalue weighted by atomic mass is 10.0. The number of aromatic nitrogens is 2. The third-order valence-corrected chi connectivity index (χ3v) is 6.62. The van der Waals surface area contributed by atoms with E-state index in [1.54, 1.807) is 43.3 Å². The molecule has 2 aromatic carbocycles. The maximum atomic E-state index is 14.6. The van der Waals surface area contributed by atoms with E-state index in [9.17, 15) is 19.1 Å². The standard InChI is InChI=1S/C26H28BrFN4O5/c1-13(2)23(24-29-14(3)21(30-24)19-9-6-16(27)10-20(19)28)32-25(35)22(31-26(32)36)15-4-7-18(8-5-15)37-12-17(34)11-33/h4-10,13,17,22-23,33-34H,11-12H2,1-3H3,(H,29,30)(H,31,36)/t17-,22-,23+/m1/s1. The lowest BCUT2D eigenvalue weighted by molar-refractivity contribution is -0.130. The summed E-state index contributed by atoms with van der Waals surface area (Å²) in [6.07, 6.45) is -0.997. The Bertz CT molecular complexity index is 1300. The number of aliphatic hydroxyl groups is 2. The highest BCUT2D eigenvalue weighted by Crippen LogP contribution is 2.36. The van der Waals surface area contributed by atoms with Crippen molar-refractivity contribution < 1.29 is 28.9 Å². The summed E-state index contributed by atoms with van der Waals surface area (Å²) in [4.78, 5) is 35.4. The molecule has 0 aliphatic carbocycles. The first-order valence-corrected chi connectivity index (χ1v) is 12.6. The number of benzene rings is 2. The molecule has 0 bridgehead atoms. The molecular weight excluding hydrogens is 547 g/mol. The summed E-state index contributed by atoms with van der Waals surface area (Å²) in [5.41, 5.74) is 1.93. The van der Waals surface area contributed by atoms with Crippen LogP contribution in [0, 0.1) is 18.7 Å². The smallest absolute Gasteiger partial charge is 0.325 e. The van der Waals surface area contributed by atoms with Crippen molar-refractivity contribution in [3.8, 4) is 17.0 Å². The molecule has 1 fully saturated rings. The number of carbonyl (C=O) groups is 2. The number of rotatable bonds is 9. The van der Waals surface area contributed by atoms with Crippen LogP contribution >= 0.6 is 15.9 Å². The van der Waals surface area contributed by atoms with Crippen molar-refractivity contribution in [3.05, 3.63) is 69.8 Å². The number of aliphatic hydroxyl groups excluding tert-OH is 2. The number of hydrogen-bond acceptors (Lipinski definition) is 6. The van der Waals surface area contributed by atoms with E-state index in [4.69, 9.17) is 9.84 Å². The molecule has 0 unspecified atom stereocenters. The molecular formula is C26H28BrFN4O5. The quantitative estimate of drug-likeness (QED) is 0.286.